The number of thiazole rings is 1. The number of hydrogen-bond acceptors (Lipinski definition) is 8. The summed E-state index contributed by atoms with van der Waals surface area (Å²) in [6.07, 6.45) is 10.5. The number of hydrogen-bond donors (Lipinski definition) is 2. The number of nitrogens with zero attached hydrogens (tertiary/aromatic N) is 3. The van der Waals surface area contributed by atoms with E-state index in [2.05, 4.69) is 35.8 Å². The molecular weight excluding hydrogens is 579 g/mol. The van der Waals surface area contributed by atoms with Crippen LogP contribution < -0.4 is 0 Å². The van der Waals surface area contributed by atoms with Gasteiger partial charge in [-0.3, -0.25) is 9.48 Å². The molecule has 2 N–H and O–H groups in total. The highest BCUT2D eigenvalue weighted by Crippen LogP contribution is 2.67. The average Bonchev–Trinajstić information content (AvgIpc) is 3.68. The van der Waals surface area contributed by atoms with Crippen molar-refractivity contribution in [2.24, 2.45) is 28.6 Å². The van der Waals surface area contributed by atoms with Gasteiger partial charge < -0.3 is 14.9 Å². The normalized spacial score (nSPS) is 37.3. The maximum absolute atomic E-state index is 13.8. The zero-order chi connectivity index (χ0) is 29.6. The Kier molecular flexibility index (Phi) is 6.77. The first kappa shape index (κ1) is 28.4. The molecule has 3 heterocycles. The third-order valence-corrected chi connectivity index (χ3v) is 14.4. The van der Waals surface area contributed by atoms with Gasteiger partial charge in [0.05, 0.1) is 40.0 Å². The predicted molar refractivity (Wildman–Crippen MR) is 169 cm³/mol. The van der Waals surface area contributed by atoms with E-state index in [0.29, 0.717) is 18.9 Å². The zero-order valence-corrected chi connectivity index (χ0v) is 26.6. The van der Waals surface area contributed by atoms with Crippen molar-refractivity contribution in [3.63, 3.8) is 0 Å². The largest absolute Gasteiger partial charge is 0.393 e. The van der Waals surface area contributed by atoms with Crippen LogP contribution in [0.25, 0.3) is 16.3 Å². The third-order valence-electron chi connectivity index (χ3n) is 12.2. The minimum absolute atomic E-state index is 0.111. The van der Waals surface area contributed by atoms with Crippen LogP contribution in [0.2, 0.25) is 0 Å². The van der Waals surface area contributed by atoms with Gasteiger partial charge in [0.15, 0.2) is 10.1 Å². The molecule has 1 aliphatic heterocycles. The van der Waals surface area contributed by atoms with Crippen molar-refractivity contribution < 1.29 is 19.7 Å². The molecule has 5 unspecified atom stereocenters. The molecule has 1 aromatic carbocycles. The van der Waals surface area contributed by atoms with Crippen LogP contribution in [0, 0.1) is 28.6 Å². The lowest BCUT2D eigenvalue weighted by molar-refractivity contribution is -0.177. The van der Waals surface area contributed by atoms with E-state index in [1.165, 1.54) is 28.6 Å². The Bertz CT molecular complexity index is 1580. The number of ketones is 1. The highest BCUT2D eigenvalue weighted by molar-refractivity contribution is 8.01. The number of rotatable bonds is 5. The van der Waals surface area contributed by atoms with Crippen LogP contribution in [0.15, 0.2) is 40.4 Å². The molecule has 7 nitrogen and oxygen atoms in total. The highest BCUT2D eigenvalue weighted by atomic mass is 32.2. The van der Waals surface area contributed by atoms with Crippen LogP contribution in [0.5, 0.6) is 0 Å². The van der Waals surface area contributed by atoms with E-state index in [1.807, 2.05) is 24.3 Å². The molecule has 2 aromatic heterocycles. The molecule has 3 saturated carbocycles. The second-order valence-corrected chi connectivity index (χ2v) is 16.4. The molecule has 8 rings (SSSR count). The van der Waals surface area contributed by atoms with E-state index >= 15 is 0 Å². The number of ether oxygens (including phenoxy) is 1. The van der Waals surface area contributed by atoms with Gasteiger partial charge in [0.1, 0.15) is 5.60 Å². The van der Waals surface area contributed by atoms with Crippen LogP contribution in [0.3, 0.4) is 0 Å². The number of para-hydroxylation sites is 1. The molecule has 228 valence electrons. The number of allylic oxidation sites excluding steroid dienone is 1. The van der Waals surface area contributed by atoms with E-state index in [9.17, 15) is 15.0 Å². The second kappa shape index (κ2) is 10.2. The number of benzene rings is 1. The SMILES string of the molecule is CC12Cc3cnn(C4CCOCC4)c3C=C1CCC1C2[C@@H](O)CC2(C)C1CC[C@]2(O)C(=O)CSc1nc2ccccc2s1. The van der Waals surface area contributed by atoms with Gasteiger partial charge in [-0.2, -0.15) is 5.10 Å². The highest BCUT2D eigenvalue weighted by Gasteiger charge is 2.68. The number of aromatic nitrogens is 3. The summed E-state index contributed by atoms with van der Waals surface area (Å²) in [5, 5.41) is 29.0. The Balaban J connectivity index is 1.04. The van der Waals surface area contributed by atoms with Gasteiger partial charge in [-0.15, -0.1) is 11.3 Å². The van der Waals surface area contributed by atoms with E-state index < -0.39 is 17.1 Å². The Hall–Kier alpha value is -2.04. The quantitative estimate of drug-likeness (QED) is 0.334. The van der Waals surface area contributed by atoms with Gasteiger partial charge in [0.2, 0.25) is 0 Å². The molecule has 0 radical (unpaired) electrons. The standard InChI is InChI=1S/C34H41N3O4S2/c1-32-16-20-18-35-37(22-10-13-41-14-11-22)26(20)15-21(32)7-8-23-24-9-12-34(40,33(24,2)17-27(38)30(23)32)29(39)19-42-31-36-25-5-3-4-6-28(25)43-31/h3-6,15,18,22-24,27,30,38,40H,7-14,16-17,19H2,1-2H3/t23?,24?,27-,30?,32?,33?,34-/m0/s1. The molecule has 0 spiro atoms. The molecule has 0 bridgehead atoms. The zero-order valence-electron chi connectivity index (χ0n) is 25.0. The first-order valence-corrected chi connectivity index (χ1v) is 17.8. The maximum Gasteiger partial charge on any atom is 0.175 e. The number of thioether (sulfide) groups is 1. The number of fused-ring (bicyclic) bond motifs is 7. The first-order chi connectivity index (χ1) is 20.7. The van der Waals surface area contributed by atoms with E-state index in [0.717, 1.165) is 66.3 Å². The minimum atomic E-state index is -1.42. The van der Waals surface area contributed by atoms with Crippen molar-refractivity contribution in [3.05, 3.63) is 47.3 Å². The number of Topliss-reactive ketones (excluding diaryl/α,β-unsaturated/α-hetero) is 1. The topological polar surface area (TPSA) is 97.5 Å². The van der Waals surface area contributed by atoms with Crippen molar-refractivity contribution in [2.75, 3.05) is 19.0 Å². The first-order valence-electron chi connectivity index (χ1n) is 16.0. The van der Waals surface area contributed by atoms with Crippen LogP contribution >= 0.6 is 23.1 Å². The molecular formula is C34H41N3O4S2. The summed E-state index contributed by atoms with van der Waals surface area (Å²) >= 11 is 3.03. The molecule has 9 heteroatoms. The van der Waals surface area contributed by atoms with Gasteiger partial charge in [-0.05, 0) is 98.3 Å². The van der Waals surface area contributed by atoms with Crippen LogP contribution in [-0.4, -0.2) is 61.4 Å². The number of aliphatic hydroxyl groups excluding tert-OH is 1. The van der Waals surface area contributed by atoms with Gasteiger partial charge in [-0.1, -0.05) is 43.3 Å². The number of carbonyl (C=O) groups is 1. The molecule has 4 aliphatic carbocycles. The Morgan fingerprint density at radius 3 is 2.81 bits per heavy atom. The summed E-state index contributed by atoms with van der Waals surface area (Å²) in [5.41, 5.74) is 2.71. The summed E-state index contributed by atoms with van der Waals surface area (Å²) < 4.78 is 9.81. The maximum atomic E-state index is 13.8. The van der Waals surface area contributed by atoms with Crippen molar-refractivity contribution in [2.45, 2.75) is 87.3 Å². The molecule has 0 amide bonds. The summed E-state index contributed by atoms with van der Waals surface area (Å²) in [5.74, 6) is 0.694. The number of aliphatic hydroxyl groups is 2. The number of carbonyl (C=O) groups excluding carboxylic acids is 1. The van der Waals surface area contributed by atoms with Gasteiger partial charge in [0.25, 0.3) is 0 Å². The monoisotopic (exact) mass is 619 g/mol. The van der Waals surface area contributed by atoms with E-state index in [4.69, 9.17) is 9.84 Å². The van der Waals surface area contributed by atoms with E-state index in [-0.39, 0.29) is 34.7 Å². The lowest BCUT2D eigenvalue weighted by Gasteiger charge is -2.60. The van der Waals surface area contributed by atoms with Crippen LogP contribution in [-0.2, 0) is 16.0 Å². The predicted octanol–water partition coefficient (Wildman–Crippen LogP) is 6.09. The van der Waals surface area contributed by atoms with E-state index in [1.54, 1.807) is 11.3 Å². The molecule has 3 aromatic rings. The summed E-state index contributed by atoms with van der Waals surface area (Å²) in [7, 11) is 0. The van der Waals surface area contributed by atoms with Crippen molar-refractivity contribution >= 4 is 45.2 Å². The Morgan fingerprint density at radius 2 is 2.00 bits per heavy atom. The van der Waals surface area contributed by atoms with Gasteiger partial charge >= 0.3 is 0 Å². The molecule has 5 aliphatic rings. The summed E-state index contributed by atoms with van der Waals surface area (Å²) in [6, 6.07) is 8.40. The fraction of sp³-hybridized carbons (Fsp3) is 0.618. The average molecular weight is 620 g/mol. The van der Waals surface area contributed by atoms with Crippen molar-refractivity contribution in [1.82, 2.24) is 14.8 Å². The molecule has 7 atom stereocenters. The Labute approximate surface area is 261 Å². The van der Waals surface area contributed by atoms with Crippen molar-refractivity contribution in [3.8, 4) is 0 Å². The van der Waals surface area contributed by atoms with Gasteiger partial charge in [-0.25, -0.2) is 4.98 Å². The second-order valence-electron chi connectivity index (χ2n) is 14.2. The lowest BCUT2D eigenvalue weighted by Crippen LogP contribution is -2.62. The van der Waals surface area contributed by atoms with Crippen LogP contribution in [0.1, 0.15) is 76.1 Å². The lowest BCUT2D eigenvalue weighted by atomic mass is 9.45. The molecule has 4 fully saturated rings. The minimum Gasteiger partial charge on any atom is -0.393 e. The van der Waals surface area contributed by atoms with Gasteiger partial charge in [0, 0.05) is 18.6 Å². The molecule has 1 saturated heterocycles. The Morgan fingerprint density at radius 1 is 1.19 bits per heavy atom. The molecule has 43 heavy (non-hydrogen) atoms. The summed E-state index contributed by atoms with van der Waals surface area (Å²) in [6.45, 7) is 6.03. The fourth-order valence-electron chi connectivity index (χ4n) is 10.0. The summed E-state index contributed by atoms with van der Waals surface area (Å²) in [4.78, 5) is 18.5. The fourth-order valence-corrected chi connectivity index (χ4v) is 12.1. The van der Waals surface area contributed by atoms with Crippen molar-refractivity contribution in [1.29, 1.82) is 0 Å². The van der Waals surface area contributed by atoms with Crippen LogP contribution in [0.4, 0.5) is 0 Å². The smallest absolute Gasteiger partial charge is 0.175 e. The third kappa shape index (κ3) is 4.21.